The summed E-state index contributed by atoms with van der Waals surface area (Å²) >= 11 is 0. The van der Waals surface area contributed by atoms with Crippen LogP contribution in [-0.2, 0) is 0 Å². The molecule has 0 amide bonds. The Bertz CT molecular complexity index is 991. The monoisotopic (exact) mass is 326 g/mol. The fourth-order valence-corrected chi connectivity index (χ4v) is 2.77. The van der Waals surface area contributed by atoms with Gasteiger partial charge in [-0.3, -0.25) is 5.41 Å². The van der Waals surface area contributed by atoms with Crippen molar-refractivity contribution in [2.45, 2.75) is 0 Å². The first kappa shape index (κ1) is 14.4. The van der Waals surface area contributed by atoms with Crippen molar-refractivity contribution in [2.75, 3.05) is 11.4 Å². The summed E-state index contributed by atoms with van der Waals surface area (Å²) in [5.41, 5.74) is 1.86. The van der Waals surface area contributed by atoms with E-state index >= 15 is 0 Å². The maximum absolute atomic E-state index is 13.3. The standard InChI is InChI=1S/C17H12F2N4O/c18-9-1-4-11(5-2-9)23-8-14(24)15(16(23)20)17-21-12-6-3-10(19)7-13(12)22-17/h1-7,20,24H,8H2,(H,21,22). The van der Waals surface area contributed by atoms with Gasteiger partial charge in [-0.25, -0.2) is 13.8 Å². The largest absolute Gasteiger partial charge is 0.509 e. The van der Waals surface area contributed by atoms with Crippen molar-refractivity contribution in [3.05, 3.63) is 65.7 Å². The minimum atomic E-state index is -0.398. The number of anilines is 1. The highest BCUT2D eigenvalue weighted by Crippen LogP contribution is 2.30. The maximum atomic E-state index is 13.3. The van der Waals surface area contributed by atoms with E-state index in [1.807, 2.05) is 0 Å². The number of amidine groups is 1. The molecule has 1 aliphatic rings. The number of hydrogen-bond donors (Lipinski definition) is 3. The van der Waals surface area contributed by atoms with Crippen molar-refractivity contribution in [1.29, 1.82) is 5.41 Å². The highest BCUT2D eigenvalue weighted by molar-refractivity contribution is 6.30. The lowest BCUT2D eigenvalue weighted by Gasteiger charge is -2.18. The van der Waals surface area contributed by atoms with Gasteiger partial charge in [0, 0.05) is 5.69 Å². The Balaban J connectivity index is 1.73. The van der Waals surface area contributed by atoms with E-state index in [4.69, 9.17) is 5.41 Å². The average Bonchev–Trinajstić information content (AvgIpc) is 3.08. The molecule has 0 radical (unpaired) electrons. The molecule has 0 saturated heterocycles. The summed E-state index contributed by atoms with van der Waals surface area (Å²) in [6.07, 6.45) is 0. The van der Waals surface area contributed by atoms with Crippen LogP contribution < -0.4 is 4.90 Å². The summed E-state index contributed by atoms with van der Waals surface area (Å²) in [5, 5.41) is 18.6. The molecule has 1 aliphatic heterocycles. The van der Waals surface area contributed by atoms with E-state index < -0.39 is 5.82 Å². The molecule has 5 nitrogen and oxygen atoms in total. The third kappa shape index (κ3) is 2.21. The minimum Gasteiger partial charge on any atom is -0.509 e. The number of nitrogens with zero attached hydrogens (tertiary/aromatic N) is 2. The smallest absolute Gasteiger partial charge is 0.145 e. The van der Waals surface area contributed by atoms with Crippen LogP contribution in [0.1, 0.15) is 5.82 Å². The number of H-pyrrole nitrogens is 1. The van der Waals surface area contributed by atoms with Crippen LogP contribution in [0.15, 0.2) is 48.2 Å². The lowest BCUT2D eigenvalue weighted by atomic mass is 10.2. The Hall–Kier alpha value is -3.22. The number of halogens is 2. The van der Waals surface area contributed by atoms with Gasteiger partial charge < -0.3 is 15.0 Å². The first-order valence-corrected chi connectivity index (χ1v) is 7.23. The highest BCUT2D eigenvalue weighted by Gasteiger charge is 2.31. The molecule has 0 saturated carbocycles. The van der Waals surface area contributed by atoms with Gasteiger partial charge in [-0.1, -0.05) is 0 Å². The van der Waals surface area contributed by atoms with E-state index in [-0.39, 0.29) is 29.5 Å². The molecule has 3 aromatic rings. The molecule has 24 heavy (non-hydrogen) atoms. The SMILES string of the molecule is N=C1C(c2nc3ccc(F)cc3[nH]2)=C(O)CN1c1ccc(F)cc1. The normalized spacial score (nSPS) is 14.9. The molecule has 4 rings (SSSR count). The van der Waals surface area contributed by atoms with Gasteiger partial charge in [-0.15, -0.1) is 0 Å². The van der Waals surface area contributed by atoms with Crippen LogP contribution in [0, 0.1) is 17.0 Å². The number of aromatic nitrogens is 2. The van der Waals surface area contributed by atoms with Gasteiger partial charge in [-0.05, 0) is 42.5 Å². The topological polar surface area (TPSA) is 76.0 Å². The van der Waals surface area contributed by atoms with E-state index in [1.54, 1.807) is 0 Å². The van der Waals surface area contributed by atoms with Crippen molar-refractivity contribution in [3.63, 3.8) is 0 Å². The molecule has 120 valence electrons. The van der Waals surface area contributed by atoms with E-state index in [0.29, 0.717) is 22.5 Å². The van der Waals surface area contributed by atoms with Gasteiger partial charge in [0.1, 0.15) is 29.1 Å². The van der Waals surface area contributed by atoms with E-state index in [9.17, 15) is 13.9 Å². The fraction of sp³-hybridized carbons (Fsp3) is 0.0588. The summed E-state index contributed by atoms with van der Waals surface area (Å²) in [6, 6.07) is 9.79. The second kappa shape index (κ2) is 5.16. The number of fused-ring (bicyclic) bond motifs is 1. The first-order chi connectivity index (χ1) is 11.5. The molecule has 7 heteroatoms. The van der Waals surface area contributed by atoms with Crippen LogP contribution in [0.3, 0.4) is 0 Å². The van der Waals surface area contributed by atoms with Crippen molar-refractivity contribution >= 4 is 28.1 Å². The predicted molar refractivity (Wildman–Crippen MR) is 87.1 cm³/mol. The fourth-order valence-electron chi connectivity index (χ4n) is 2.77. The lowest BCUT2D eigenvalue weighted by Crippen LogP contribution is -2.26. The average molecular weight is 326 g/mol. The van der Waals surface area contributed by atoms with Crippen molar-refractivity contribution in [2.24, 2.45) is 0 Å². The number of imidazole rings is 1. The van der Waals surface area contributed by atoms with Crippen molar-refractivity contribution in [1.82, 2.24) is 9.97 Å². The quantitative estimate of drug-likeness (QED) is 0.673. The molecule has 3 N–H and O–H groups in total. The lowest BCUT2D eigenvalue weighted by molar-refractivity contribution is 0.411. The zero-order chi connectivity index (χ0) is 16.8. The Labute approximate surface area is 135 Å². The third-order valence-corrected chi connectivity index (χ3v) is 3.92. The van der Waals surface area contributed by atoms with Crippen LogP contribution in [-0.4, -0.2) is 27.5 Å². The van der Waals surface area contributed by atoms with Gasteiger partial charge >= 0.3 is 0 Å². The summed E-state index contributed by atoms with van der Waals surface area (Å²) in [4.78, 5) is 8.77. The molecule has 1 aromatic heterocycles. The minimum absolute atomic E-state index is 0.0242. The number of rotatable bonds is 2. The van der Waals surface area contributed by atoms with Crippen LogP contribution in [0.2, 0.25) is 0 Å². The van der Waals surface area contributed by atoms with E-state index in [1.165, 1.54) is 47.4 Å². The summed E-state index contributed by atoms with van der Waals surface area (Å²) in [5.74, 6) is -0.461. The Kier molecular flexibility index (Phi) is 3.09. The second-order valence-electron chi connectivity index (χ2n) is 5.48. The van der Waals surface area contributed by atoms with Crippen LogP contribution in [0.25, 0.3) is 16.6 Å². The molecule has 2 aromatic carbocycles. The molecule has 0 spiro atoms. The van der Waals surface area contributed by atoms with Gasteiger partial charge in [0.05, 0.1) is 23.2 Å². The van der Waals surface area contributed by atoms with Gasteiger partial charge in [0.2, 0.25) is 0 Å². The third-order valence-electron chi connectivity index (χ3n) is 3.92. The number of aliphatic hydroxyl groups is 1. The molecular formula is C17H12F2N4O. The van der Waals surface area contributed by atoms with Crippen molar-refractivity contribution < 1.29 is 13.9 Å². The highest BCUT2D eigenvalue weighted by atomic mass is 19.1. The Morgan fingerprint density at radius 3 is 2.54 bits per heavy atom. The number of benzene rings is 2. The molecule has 0 fully saturated rings. The van der Waals surface area contributed by atoms with Gasteiger partial charge in [0.15, 0.2) is 0 Å². The Morgan fingerprint density at radius 2 is 1.79 bits per heavy atom. The van der Waals surface area contributed by atoms with Gasteiger partial charge in [0.25, 0.3) is 0 Å². The zero-order valence-electron chi connectivity index (χ0n) is 12.3. The second-order valence-corrected chi connectivity index (χ2v) is 5.48. The van der Waals surface area contributed by atoms with Gasteiger partial charge in [-0.2, -0.15) is 0 Å². The number of nitrogens with one attached hydrogen (secondary N) is 2. The number of aliphatic hydroxyl groups excluding tert-OH is 1. The molecule has 0 atom stereocenters. The van der Waals surface area contributed by atoms with Crippen LogP contribution in [0.4, 0.5) is 14.5 Å². The van der Waals surface area contributed by atoms with Crippen molar-refractivity contribution in [3.8, 4) is 0 Å². The van der Waals surface area contributed by atoms with Crippen LogP contribution in [0.5, 0.6) is 0 Å². The summed E-state index contributed by atoms with van der Waals surface area (Å²) < 4.78 is 26.4. The molecule has 0 aliphatic carbocycles. The number of hydrogen-bond acceptors (Lipinski definition) is 3. The van der Waals surface area contributed by atoms with Crippen LogP contribution >= 0.6 is 0 Å². The summed E-state index contributed by atoms with van der Waals surface area (Å²) in [7, 11) is 0. The molecule has 0 bridgehead atoms. The summed E-state index contributed by atoms with van der Waals surface area (Å²) in [6.45, 7) is 0.0885. The zero-order valence-corrected chi connectivity index (χ0v) is 12.3. The molecule has 0 unspecified atom stereocenters. The number of aromatic amines is 1. The first-order valence-electron chi connectivity index (χ1n) is 7.23. The molecule has 2 heterocycles. The van der Waals surface area contributed by atoms with E-state index in [2.05, 4.69) is 9.97 Å². The Morgan fingerprint density at radius 1 is 1.08 bits per heavy atom. The predicted octanol–water partition coefficient (Wildman–Crippen LogP) is 3.61. The maximum Gasteiger partial charge on any atom is 0.145 e. The molecular weight excluding hydrogens is 314 g/mol. The van der Waals surface area contributed by atoms with E-state index in [0.717, 1.165) is 0 Å².